The van der Waals surface area contributed by atoms with Gasteiger partial charge in [-0.3, -0.25) is 0 Å². The van der Waals surface area contributed by atoms with E-state index < -0.39 is 10.2 Å². The van der Waals surface area contributed by atoms with Crippen molar-refractivity contribution in [3.63, 3.8) is 0 Å². The first-order valence-corrected chi connectivity index (χ1v) is 11.4. The van der Waals surface area contributed by atoms with Gasteiger partial charge in [-0.05, 0) is 12.1 Å². The van der Waals surface area contributed by atoms with Gasteiger partial charge in [-0.25, -0.2) is 0 Å². The normalized spacial score (nSPS) is 16.3. The molecule has 14 heteroatoms. The summed E-state index contributed by atoms with van der Waals surface area (Å²) in [6, 6.07) is 9.74. The van der Waals surface area contributed by atoms with Crippen molar-refractivity contribution in [3.8, 4) is 0 Å². The van der Waals surface area contributed by atoms with Crippen molar-refractivity contribution in [2.24, 2.45) is 21.5 Å². The van der Waals surface area contributed by atoms with Crippen molar-refractivity contribution in [3.05, 3.63) is 48.6 Å². The molecule has 13 nitrogen and oxygen atoms in total. The van der Waals surface area contributed by atoms with Crippen LogP contribution in [0.3, 0.4) is 0 Å². The maximum absolute atomic E-state index is 12.2. The Kier molecular flexibility index (Phi) is 7.30. The number of amidine groups is 1. The van der Waals surface area contributed by atoms with Gasteiger partial charge in [0, 0.05) is 53.0 Å². The summed E-state index contributed by atoms with van der Waals surface area (Å²) < 4.78 is 32.3. The smallest absolute Gasteiger partial charge is 0.324 e. The first kappa shape index (κ1) is 24.2. The van der Waals surface area contributed by atoms with Crippen LogP contribution < -0.4 is 21.3 Å². The van der Waals surface area contributed by atoms with Gasteiger partial charge in [-0.1, -0.05) is 29.9 Å². The fraction of sp³-hybridized carbons (Fsp3) is 0.368. The highest BCUT2D eigenvalue weighted by Crippen LogP contribution is 2.17. The molecule has 1 aromatic heterocycles. The SMILES string of the molecule is C=C(/N=C(N)\N=C(/N)c1noc(N2CCN(S(=O)(=O)N(C)C)CC2)n1)N(C)c1ccccc1. The van der Waals surface area contributed by atoms with Crippen LogP contribution in [0.25, 0.3) is 0 Å². The topological polar surface area (TPSA) is 163 Å². The third-order valence-electron chi connectivity index (χ3n) is 4.95. The minimum Gasteiger partial charge on any atom is -0.380 e. The molecule has 178 valence electrons. The summed E-state index contributed by atoms with van der Waals surface area (Å²) >= 11 is 0. The second kappa shape index (κ2) is 9.97. The highest BCUT2D eigenvalue weighted by atomic mass is 32.2. The summed E-state index contributed by atoms with van der Waals surface area (Å²) in [5.41, 5.74) is 12.7. The summed E-state index contributed by atoms with van der Waals surface area (Å²) in [4.78, 5) is 16.0. The zero-order chi connectivity index (χ0) is 24.2. The van der Waals surface area contributed by atoms with Crippen LogP contribution in [0.2, 0.25) is 0 Å². The Hall–Kier alpha value is -3.49. The highest BCUT2D eigenvalue weighted by Gasteiger charge is 2.30. The van der Waals surface area contributed by atoms with Crippen LogP contribution >= 0.6 is 0 Å². The number of anilines is 2. The van der Waals surface area contributed by atoms with E-state index in [0.29, 0.717) is 32.0 Å². The monoisotopic (exact) mass is 476 g/mol. The van der Waals surface area contributed by atoms with Gasteiger partial charge in [-0.2, -0.15) is 32.0 Å². The average molecular weight is 477 g/mol. The molecule has 0 spiro atoms. The maximum atomic E-state index is 12.2. The molecule has 1 fully saturated rings. The number of piperazine rings is 1. The minimum atomic E-state index is -3.46. The van der Waals surface area contributed by atoms with Gasteiger partial charge in [0.25, 0.3) is 10.2 Å². The third kappa shape index (κ3) is 5.66. The van der Waals surface area contributed by atoms with Gasteiger partial charge in [0.2, 0.25) is 11.8 Å². The standard InChI is InChI=1S/C19H28N10O3S/c1-14(27(4)15-8-6-5-7-9-15)22-18(21)23-16(20)17-24-19(32-25-17)28-10-12-29(13-11-28)33(30,31)26(2)3/h5-9H,1,10-13H2,2-4H3,(H4,20,21,22,23). The molecule has 2 heterocycles. The number of nitrogens with two attached hydrogens (primary N) is 2. The maximum Gasteiger partial charge on any atom is 0.324 e. The summed E-state index contributed by atoms with van der Waals surface area (Å²) in [6.07, 6.45) is 0. The number of aliphatic imine (C=N–C) groups is 2. The van der Waals surface area contributed by atoms with E-state index in [4.69, 9.17) is 16.0 Å². The lowest BCUT2D eigenvalue weighted by molar-refractivity contribution is 0.337. The molecular formula is C19H28N10O3S. The third-order valence-corrected chi connectivity index (χ3v) is 6.89. The number of hydrogen-bond acceptors (Lipinski definition) is 8. The van der Waals surface area contributed by atoms with Crippen LogP contribution in [0.15, 0.2) is 57.2 Å². The van der Waals surface area contributed by atoms with E-state index >= 15 is 0 Å². The van der Waals surface area contributed by atoms with Crippen molar-refractivity contribution >= 4 is 33.7 Å². The Morgan fingerprint density at radius 3 is 2.33 bits per heavy atom. The Labute approximate surface area is 192 Å². The van der Waals surface area contributed by atoms with Crippen LogP contribution in [0.4, 0.5) is 11.7 Å². The summed E-state index contributed by atoms with van der Waals surface area (Å²) in [5.74, 6) is 0.229. The summed E-state index contributed by atoms with van der Waals surface area (Å²) in [5, 5.41) is 3.84. The lowest BCUT2D eigenvalue weighted by Crippen LogP contribution is -2.51. The predicted molar refractivity (Wildman–Crippen MR) is 127 cm³/mol. The number of nitrogens with zero attached hydrogens (tertiary/aromatic N) is 8. The Bertz CT molecular complexity index is 1140. The van der Waals surface area contributed by atoms with Crippen LogP contribution in [-0.2, 0) is 10.2 Å². The van der Waals surface area contributed by atoms with E-state index in [2.05, 4.69) is 26.7 Å². The van der Waals surface area contributed by atoms with E-state index in [-0.39, 0.29) is 23.6 Å². The quantitative estimate of drug-likeness (QED) is 0.401. The molecule has 0 atom stereocenters. The van der Waals surface area contributed by atoms with Crippen molar-refractivity contribution in [1.82, 2.24) is 18.8 Å². The predicted octanol–water partition coefficient (Wildman–Crippen LogP) is -0.374. The first-order chi connectivity index (χ1) is 15.6. The molecular weight excluding hydrogens is 448 g/mol. The number of rotatable bonds is 7. The van der Waals surface area contributed by atoms with E-state index in [1.54, 1.807) is 16.8 Å². The van der Waals surface area contributed by atoms with Gasteiger partial charge in [0.1, 0.15) is 5.82 Å². The Morgan fingerprint density at radius 1 is 1.09 bits per heavy atom. The van der Waals surface area contributed by atoms with E-state index in [0.717, 1.165) is 5.69 Å². The number of hydrogen-bond donors (Lipinski definition) is 2. The van der Waals surface area contributed by atoms with Crippen LogP contribution in [0.1, 0.15) is 5.82 Å². The molecule has 4 N–H and O–H groups in total. The van der Waals surface area contributed by atoms with Gasteiger partial charge < -0.3 is 25.8 Å². The molecule has 1 aliphatic heterocycles. The molecule has 1 saturated heterocycles. The number of benzene rings is 1. The van der Waals surface area contributed by atoms with Crippen molar-refractivity contribution in [1.29, 1.82) is 0 Å². The molecule has 1 aromatic carbocycles. The zero-order valence-corrected chi connectivity index (χ0v) is 19.6. The van der Waals surface area contributed by atoms with E-state index in [9.17, 15) is 8.42 Å². The lowest BCUT2D eigenvalue weighted by atomic mass is 10.3. The Morgan fingerprint density at radius 2 is 1.73 bits per heavy atom. The van der Waals surface area contributed by atoms with Gasteiger partial charge in [0.15, 0.2) is 5.84 Å². The van der Waals surface area contributed by atoms with Crippen LogP contribution in [0, 0.1) is 0 Å². The van der Waals surface area contributed by atoms with E-state index in [1.165, 1.54) is 22.7 Å². The molecule has 0 radical (unpaired) electrons. The fourth-order valence-electron chi connectivity index (χ4n) is 3.00. The zero-order valence-electron chi connectivity index (χ0n) is 18.8. The molecule has 0 bridgehead atoms. The van der Waals surface area contributed by atoms with Crippen molar-refractivity contribution < 1.29 is 12.9 Å². The van der Waals surface area contributed by atoms with Crippen LogP contribution in [0.5, 0.6) is 0 Å². The molecule has 0 aliphatic carbocycles. The first-order valence-electron chi connectivity index (χ1n) is 10.0. The van der Waals surface area contributed by atoms with Crippen molar-refractivity contribution in [2.45, 2.75) is 0 Å². The van der Waals surface area contributed by atoms with Gasteiger partial charge >= 0.3 is 6.01 Å². The van der Waals surface area contributed by atoms with E-state index in [1.807, 2.05) is 30.3 Å². The summed E-state index contributed by atoms with van der Waals surface area (Å²) in [6.45, 7) is 5.25. The molecule has 0 amide bonds. The highest BCUT2D eigenvalue weighted by molar-refractivity contribution is 7.86. The number of aromatic nitrogens is 2. The Balaban J connectivity index is 1.64. The van der Waals surface area contributed by atoms with Gasteiger partial charge in [-0.15, -0.1) is 0 Å². The molecule has 0 unspecified atom stereocenters. The lowest BCUT2D eigenvalue weighted by Gasteiger charge is -2.33. The summed E-state index contributed by atoms with van der Waals surface area (Å²) in [7, 11) is 1.33. The number of guanidine groups is 1. The molecule has 33 heavy (non-hydrogen) atoms. The fourth-order valence-corrected chi connectivity index (χ4v) is 4.08. The molecule has 1 aliphatic rings. The minimum absolute atomic E-state index is 0.0496. The van der Waals surface area contributed by atoms with Crippen LogP contribution in [-0.4, -0.2) is 86.3 Å². The largest absolute Gasteiger partial charge is 0.380 e. The van der Waals surface area contributed by atoms with Gasteiger partial charge in [0.05, 0.1) is 0 Å². The van der Waals surface area contributed by atoms with Crippen molar-refractivity contribution in [2.75, 3.05) is 57.1 Å². The molecule has 0 saturated carbocycles. The second-order valence-corrected chi connectivity index (χ2v) is 9.50. The molecule has 2 aromatic rings. The number of para-hydroxylation sites is 1. The second-order valence-electron chi connectivity index (χ2n) is 7.35. The average Bonchev–Trinajstić information content (AvgIpc) is 3.29. The molecule has 3 rings (SSSR count).